The van der Waals surface area contributed by atoms with Gasteiger partial charge in [0.05, 0.1) is 6.54 Å². The molecule has 0 saturated carbocycles. The number of fused-ring (bicyclic) bond motifs is 1. The number of rotatable bonds is 4. The van der Waals surface area contributed by atoms with Crippen molar-refractivity contribution >= 4 is 11.3 Å². The second-order valence-electron chi connectivity index (χ2n) is 4.93. The summed E-state index contributed by atoms with van der Waals surface area (Å²) in [7, 11) is 0. The van der Waals surface area contributed by atoms with Crippen LogP contribution in [0.4, 0.5) is 0 Å². The minimum absolute atomic E-state index is 0.405. The van der Waals surface area contributed by atoms with Gasteiger partial charge in [0.2, 0.25) is 0 Å². The maximum absolute atomic E-state index is 4.15. The van der Waals surface area contributed by atoms with Crippen molar-refractivity contribution in [2.75, 3.05) is 0 Å². The van der Waals surface area contributed by atoms with E-state index in [2.05, 4.69) is 33.8 Å². The van der Waals surface area contributed by atoms with Crippen molar-refractivity contribution in [2.45, 2.75) is 44.8 Å². The molecule has 0 saturated heterocycles. The standard InChI is InChI=1S/C13H18N4S/c1-10(7-17-9-14-8-15-17)16-12-3-2-4-13-11(12)5-6-18-13/h5-6,8-10,12,16H,2-4,7H2,1H3. The molecule has 2 heterocycles. The van der Waals surface area contributed by atoms with E-state index in [-0.39, 0.29) is 0 Å². The van der Waals surface area contributed by atoms with Gasteiger partial charge >= 0.3 is 0 Å². The summed E-state index contributed by atoms with van der Waals surface area (Å²) in [6.07, 6.45) is 7.15. The third-order valence-corrected chi connectivity index (χ3v) is 4.46. The molecule has 1 aliphatic rings. The molecule has 2 unspecified atom stereocenters. The third kappa shape index (κ3) is 2.47. The van der Waals surface area contributed by atoms with E-state index >= 15 is 0 Å². The van der Waals surface area contributed by atoms with E-state index in [0.29, 0.717) is 12.1 Å². The number of aromatic nitrogens is 3. The number of hydrogen-bond acceptors (Lipinski definition) is 4. The minimum atomic E-state index is 0.405. The van der Waals surface area contributed by atoms with Gasteiger partial charge in [0.25, 0.3) is 0 Å². The van der Waals surface area contributed by atoms with E-state index in [1.165, 1.54) is 24.8 Å². The first-order valence-electron chi connectivity index (χ1n) is 6.47. The van der Waals surface area contributed by atoms with E-state index in [1.54, 1.807) is 17.5 Å². The summed E-state index contributed by atoms with van der Waals surface area (Å²) in [6.45, 7) is 3.08. The van der Waals surface area contributed by atoms with Gasteiger partial charge in [-0.1, -0.05) is 0 Å². The Bertz CT molecular complexity index is 491. The molecule has 1 aliphatic carbocycles. The highest BCUT2D eigenvalue weighted by Gasteiger charge is 2.22. The summed E-state index contributed by atoms with van der Waals surface area (Å²) in [5.41, 5.74) is 1.51. The summed E-state index contributed by atoms with van der Waals surface area (Å²) in [6, 6.07) is 3.19. The first-order chi connectivity index (χ1) is 8.83. The molecule has 1 N–H and O–H groups in total. The molecule has 4 nitrogen and oxygen atoms in total. The Labute approximate surface area is 111 Å². The molecule has 5 heteroatoms. The molecule has 2 aromatic heterocycles. The lowest BCUT2D eigenvalue weighted by molar-refractivity contribution is 0.372. The number of thiophene rings is 1. The number of aryl methyl sites for hydroxylation is 1. The molecular formula is C13H18N4S. The summed E-state index contributed by atoms with van der Waals surface area (Å²) >= 11 is 1.89. The summed E-state index contributed by atoms with van der Waals surface area (Å²) in [5, 5.41) is 10.1. The molecule has 0 radical (unpaired) electrons. The molecule has 2 aromatic rings. The van der Waals surface area contributed by atoms with Gasteiger partial charge in [0.1, 0.15) is 12.7 Å². The van der Waals surface area contributed by atoms with Gasteiger partial charge in [0, 0.05) is 17.0 Å². The predicted molar refractivity (Wildman–Crippen MR) is 72.6 cm³/mol. The fraction of sp³-hybridized carbons (Fsp3) is 0.538. The summed E-state index contributed by atoms with van der Waals surface area (Å²) < 4.78 is 1.88. The summed E-state index contributed by atoms with van der Waals surface area (Å²) in [5.74, 6) is 0. The largest absolute Gasteiger partial charge is 0.306 e. The second kappa shape index (κ2) is 5.20. The van der Waals surface area contributed by atoms with E-state index in [0.717, 1.165) is 6.54 Å². The van der Waals surface area contributed by atoms with Gasteiger partial charge in [-0.05, 0) is 43.2 Å². The quantitative estimate of drug-likeness (QED) is 0.920. The van der Waals surface area contributed by atoms with Crippen LogP contribution in [0.15, 0.2) is 24.1 Å². The maximum atomic E-state index is 4.15. The van der Waals surface area contributed by atoms with Gasteiger partial charge in [0.15, 0.2) is 0 Å². The highest BCUT2D eigenvalue weighted by atomic mass is 32.1. The molecule has 0 fully saturated rings. The van der Waals surface area contributed by atoms with Gasteiger partial charge in [-0.15, -0.1) is 11.3 Å². The van der Waals surface area contributed by atoms with Crippen molar-refractivity contribution in [1.82, 2.24) is 20.1 Å². The van der Waals surface area contributed by atoms with Crippen molar-refractivity contribution in [3.05, 3.63) is 34.5 Å². The lowest BCUT2D eigenvalue weighted by Crippen LogP contribution is -2.35. The molecule has 0 aliphatic heterocycles. The SMILES string of the molecule is CC(Cn1cncn1)NC1CCCc2sccc21. The molecule has 3 rings (SSSR count). The fourth-order valence-corrected chi connectivity index (χ4v) is 3.65. The molecule has 2 atom stereocenters. The van der Waals surface area contributed by atoms with Crippen LogP contribution in [-0.4, -0.2) is 20.8 Å². The molecule has 0 spiro atoms. The topological polar surface area (TPSA) is 42.7 Å². The van der Waals surface area contributed by atoms with E-state index in [4.69, 9.17) is 0 Å². The van der Waals surface area contributed by atoms with Crippen LogP contribution in [0.5, 0.6) is 0 Å². The first-order valence-corrected chi connectivity index (χ1v) is 7.35. The fourth-order valence-electron chi connectivity index (χ4n) is 2.66. The van der Waals surface area contributed by atoms with Crippen molar-refractivity contribution in [3.8, 4) is 0 Å². The zero-order valence-corrected chi connectivity index (χ0v) is 11.4. The Morgan fingerprint density at radius 2 is 2.56 bits per heavy atom. The van der Waals surface area contributed by atoms with Crippen LogP contribution < -0.4 is 5.32 Å². The molecule has 0 amide bonds. The molecule has 0 bridgehead atoms. The Hall–Kier alpha value is -1.20. The average molecular weight is 262 g/mol. The average Bonchev–Trinajstić information content (AvgIpc) is 2.99. The third-order valence-electron chi connectivity index (χ3n) is 3.47. The zero-order valence-electron chi connectivity index (χ0n) is 10.5. The van der Waals surface area contributed by atoms with Crippen LogP contribution in [0, 0.1) is 0 Å². The Morgan fingerprint density at radius 3 is 3.39 bits per heavy atom. The van der Waals surface area contributed by atoms with Crippen LogP contribution >= 0.6 is 11.3 Å². The van der Waals surface area contributed by atoms with Crippen molar-refractivity contribution in [3.63, 3.8) is 0 Å². The number of hydrogen-bond donors (Lipinski definition) is 1. The van der Waals surface area contributed by atoms with Gasteiger partial charge < -0.3 is 5.32 Å². The zero-order chi connectivity index (χ0) is 12.4. The van der Waals surface area contributed by atoms with Crippen molar-refractivity contribution < 1.29 is 0 Å². The first kappa shape index (κ1) is 11.9. The maximum Gasteiger partial charge on any atom is 0.137 e. The second-order valence-corrected chi connectivity index (χ2v) is 5.93. The smallest absolute Gasteiger partial charge is 0.137 e. The highest BCUT2D eigenvalue weighted by Crippen LogP contribution is 2.33. The van der Waals surface area contributed by atoms with Crippen LogP contribution in [0.2, 0.25) is 0 Å². The molecule has 0 aromatic carbocycles. The molecule has 18 heavy (non-hydrogen) atoms. The minimum Gasteiger partial charge on any atom is -0.306 e. The monoisotopic (exact) mass is 262 g/mol. The van der Waals surface area contributed by atoms with Crippen molar-refractivity contribution in [2.24, 2.45) is 0 Å². The highest BCUT2D eigenvalue weighted by molar-refractivity contribution is 7.10. The number of nitrogens with one attached hydrogen (secondary N) is 1. The predicted octanol–water partition coefficient (Wildman–Crippen LogP) is 2.40. The van der Waals surface area contributed by atoms with E-state index in [1.807, 2.05) is 16.0 Å². The van der Waals surface area contributed by atoms with Gasteiger partial charge in [-0.25, -0.2) is 4.98 Å². The van der Waals surface area contributed by atoms with Crippen LogP contribution in [0.25, 0.3) is 0 Å². The normalized spacial score (nSPS) is 20.6. The van der Waals surface area contributed by atoms with E-state index in [9.17, 15) is 0 Å². The van der Waals surface area contributed by atoms with Gasteiger partial charge in [-0.3, -0.25) is 4.68 Å². The van der Waals surface area contributed by atoms with E-state index < -0.39 is 0 Å². The Morgan fingerprint density at radius 1 is 1.61 bits per heavy atom. The van der Waals surface area contributed by atoms with Gasteiger partial charge in [-0.2, -0.15) is 5.10 Å². The van der Waals surface area contributed by atoms with Crippen LogP contribution in [-0.2, 0) is 13.0 Å². The molecule has 96 valence electrons. The Balaban J connectivity index is 1.64. The number of nitrogens with zero attached hydrogens (tertiary/aromatic N) is 3. The van der Waals surface area contributed by atoms with Crippen molar-refractivity contribution in [1.29, 1.82) is 0 Å². The lowest BCUT2D eigenvalue weighted by Gasteiger charge is -2.27. The lowest BCUT2D eigenvalue weighted by atomic mass is 9.93. The van der Waals surface area contributed by atoms with Crippen LogP contribution in [0.3, 0.4) is 0 Å². The molecular weight excluding hydrogens is 244 g/mol. The summed E-state index contributed by atoms with van der Waals surface area (Å²) in [4.78, 5) is 5.54. The van der Waals surface area contributed by atoms with Crippen LogP contribution in [0.1, 0.15) is 36.2 Å². The Kier molecular flexibility index (Phi) is 3.43.